The van der Waals surface area contributed by atoms with Crippen LogP contribution in [0.5, 0.6) is 5.75 Å². The van der Waals surface area contributed by atoms with E-state index in [9.17, 15) is 9.90 Å². The molecule has 0 atom stereocenters. The first kappa shape index (κ1) is 11.8. The van der Waals surface area contributed by atoms with Gasteiger partial charge < -0.3 is 13.9 Å². The Kier molecular flexibility index (Phi) is 2.38. The molecule has 0 aliphatic carbocycles. The van der Waals surface area contributed by atoms with E-state index in [1.54, 1.807) is 12.1 Å². The SMILES string of the molecule is O=c1cc(-c2ccccc2)oc2cc3occc3c(O)c12. The van der Waals surface area contributed by atoms with Crippen molar-refractivity contribution in [2.24, 2.45) is 0 Å². The van der Waals surface area contributed by atoms with Crippen molar-refractivity contribution in [3.8, 4) is 17.1 Å². The van der Waals surface area contributed by atoms with Crippen LogP contribution in [0.25, 0.3) is 33.3 Å². The van der Waals surface area contributed by atoms with Gasteiger partial charge >= 0.3 is 0 Å². The van der Waals surface area contributed by atoms with Crippen LogP contribution < -0.4 is 5.43 Å². The number of benzene rings is 2. The topological polar surface area (TPSA) is 63.6 Å². The molecule has 0 bridgehead atoms. The van der Waals surface area contributed by atoms with Gasteiger partial charge in [-0.3, -0.25) is 4.79 Å². The monoisotopic (exact) mass is 278 g/mol. The van der Waals surface area contributed by atoms with E-state index in [0.29, 0.717) is 22.3 Å². The quantitative estimate of drug-likeness (QED) is 0.573. The maximum absolute atomic E-state index is 12.3. The summed E-state index contributed by atoms with van der Waals surface area (Å²) in [6, 6.07) is 14.0. The molecule has 0 amide bonds. The summed E-state index contributed by atoms with van der Waals surface area (Å²) in [5.74, 6) is 0.350. The highest BCUT2D eigenvalue weighted by molar-refractivity contribution is 6.01. The van der Waals surface area contributed by atoms with E-state index < -0.39 is 0 Å². The third-order valence-corrected chi connectivity index (χ3v) is 3.48. The molecular weight excluding hydrogens is 268 g/mol. The number of aromatic hydroxyl groups is 1. The number of fused-ring (bicyclic) bond motifs is 2. The van der Waals surface area contributed by atoms with Crippen molar-refractivity contribution in [2.75, 3.05) is 0 Å². The number of furan rings is 1. The summed E-state index contributed by atoms with van der Waals surface area (Å²) in [7, 11) is 0. The van der Waals surface area contributed by atoms with Crippen LogP contribution in [-0.4, -0.2) is 5.11 Å². The molecule has 0 saturated carbocycles. The van der Waals surface area contributed by atoms with Gasteiger partial charge in [-0.05, 0) is 6.07 Å². The predicted molar refractivity (Wildman–Crippen MR) is 79.4 cm³/mol. The number of phenolic OH excluding ortho intramolecular Hbond substituents is 1. The Labute approximate surface area is 118 Å². The van der Waals surface area contributed by atoms with Gasteiger partial charge in [0.2, 0.25) is 0 Å². The van der Waals surface area contributed by atoms with Gasteiger partial charge in [-0.1, -0.05) is 30.3 Å². The minimum absolute atomic E-state index is 0.107. The Hall–Kier alpha value is -3.01. The van der Waals surface area contributed by atoms with E-state index in [-0.39, 0.29) is 16.6 Å². The fraction of sp³-hybridized carbons (Fsp3) is 0. The minimum atomic E-state index is -0.282. The predicted octanol–water partition coefficient (Wildman–Crippen LogP) is 3.91. The molecule has 0 saturated heterocycles. The van der Waals surface area contributed by atoms with Crippen LogP contribution in [0, 0.1) is 0 Å². The molecule has 2 aromatic heterocycles. The van der Waals surface area contributed by atoms with Crippen LogP contribution in [0.4, 0.5) is 0 Å². The lowest BCUT2D eigenvalue weighted by molar-refractivity contribution is 0.485. The maximum Gasteiger partial charge on any atom is 0.197 e. The molecular formula is C17H10O4. The summed E-state index contributed by atoms with van der Waals surface area (Å²) in [6.07, 6.45) is 1.46. The van der Waals surface area contributed by atoms with E-state index in [2.05, 4.69) is 0 Å². The molecule has 0 radical (unpaired) electrons. The summed E-state index contributed by atoms with van der Waals surface area (Å²) in [5, 5.41) is 10.9. The molecule has 4 aromatic rings. The average Bonchev–Trinajstić information content (AvgIpc) is 2.96. The lowest BCUT2D eigenvalue weighted by Gasteiger charge is -2.05. The van der Waals surface area contributed by atoms with Crippen LogP contribution in [0.1, 0.15) is 0 Å². The van der Waals surface area contributed by atoms with Crippen LogP contribution in [0.2, 0.25) is 0 Å². The number of phenols is 1. The average molecular weight is 278 g/mol. The Balaban J connectivity index is 2.11. The van der Waals surface area contributed by atoms with Gasteiger partial charge in [-0.15, -0.1) is 0 Å². The zero-order valence-electron chi connectivity index (χ0n) is 10.9. The summed E-state index contributed by atoms with van der Waals surface area (Å²) in [5.41, 5.74) is 1.31. The van der Waals surface area contributed by atoms with Gasteiger partial charge in [0.05, 0.1) is 11.6 Å². The van der Waals surface area contributed by atoms with E-state index in [4.69, 9.17) is 8.83 Å². The molecule has 4 nitrogen and oxygen atoms in total. The first-order valence-electron chi connectivity index (χ1n) is 6.46. The lowest BCUT2D eigenvalue weighted by Crippen LogP contribution is -2.00. The van der Waals surface area contributed by atoms with E-state index in [1.165, 1.54) is 12.3 Å². The highest BCUT2D eigenvalue weighted by atomic mass is 16.3. The van der Waals surface area contributed by atoms with E-state index in [1.807, 2.05) is 30.3 Å². The van der Waals surface area contributed by atoms with Crippen LogP contribution in [0.3, 0.4) is 0 Å². The summed E-state index contributed by atoms with van der Waals surface area (Å²) < 4.78 is 11.0. The van der Waals surface area contributed by atoms with Gasteiger partial charge in [0.1, 0.15) is 28.1 Å². The Morgan fingerprint density at radius 3 is 2.57 bits per heavy atom. The normalized spacial score (nSPS) is 11.2. The number of rotatable bonds is 1. The highest BCUT2D eigenvalue weighted by Gasteiger charge is 2.15. The molecule has 2 heterocycles. The van der Waals surface area contributed by atoms with Crippen molar-refractivity contribution in [3.05, 3.63) is 65.0 Å². The zero-order valence-corrected chi connectivity index (χ0v) is 10.9. The van der Waals surface area contributed by atoms with Crippen molar-refractivity contribution in [2.45, 2.75) is 0 Å². The second kappa shape index (κ2) is 4.24. The number of hydrogen-bond acceptors (Lipinski definition) is 4. The fourth-order valence-electron chi connectivity index (χ4n) is 2.47. The van der Waals surface area contributed by atoms with E-state index in [0.717, 1.165) is 5.56 Å². The molecule has 0 unspecified atom stereocenters. The fourth-order valence-corrected chi connectivity index (χ4v) is 2.47. The van der Waals surface area contributed by atoms with Crippen molar-refractivity contribution in [1.82, 2.24) is 0 Å². The summed E-state index contributed by atoms with van der Waals surface area (Å²) in [4.78, 5) is 12.3. The first-order valence-corrected chi connectivity index (χ1v) is 6.46. The van der Waals surface area contributed by atoms with Crippen molar-refractivity contribution >= 4 is 21.9 Å². The third kappa shape index (κ3) is 1.73. The van der Waals surface area contributed by atoms with Crippen molar-refractivity contribution in [1.29, 1.82) is 0 Å². The standard InChI is InChI=1S/C17H10O4/c18-12-8-13(10-4-2-1-3-5-10)21-15-9-14-11(6-7-20-14)17(19)16(12)15/h1-9,19H. The van der Waals surface area contributed by atoms with Gasteiger partial charge in [0, 0.05) is 17.7 Å². The molecule has 2 aromatic carbocycles. The molecule has 4 heteroatoms. The molecule has 0 fully saturated rings. The highest BCUT2D eigenvalue weighted by Crippen LogP contribution is 2.34. The molecule has 0 spiro atoms. The Morgan fingerprint density at radius 1 is 0.952 bits per heavy atom. The molecule has 102 valence electrons. The van der Waals surface area contributed by atoms with Gasteiger partial charge in [-0.25, -0.2) is 0 Å². The van der Waals surface area contributed by atoms with Crippen molar-refractivity contribution in [3.63, 3.8) is 0 Å². The maximum atomic E-state index is 12.3. The first-order chi connectivity index (χ1) is 10.2. The van der Waals surface area contributed by atoms with Crippen LogP contribution >= 0.6 is 0 Å². The molecule has 0 aliphatic heterocycles. The van der Waals surface area contributed by atoms with Crippen LogP contribution in [-0.2, 0) is 0 Å². The summed E-state index contributed by atoms with van der Waals surface area (Å²) in [6.45, 7) is 0. The Morgan fingerprint density at radius 2 is 1.76 bits per heavy atom. The van der Waals surface area contributed by atoms with Gasteiger partial charge in [-0.2, -0.15) is 0 Å². The zero-order chi connectivity index (χ0) is 14.4. The molecule has 0 aliphatic rings. The largest absolute Gasteiger partial charge is 0.506 e. The molecule has 1 N–H and O–H groups in total. The minimum Gasteiger partial charge on any atom is -0.506 e. The molecule has 4 rings (SSSR count). The van der Waals surface area contributed by atoms with Gasteiger partial charge in [0.25, 0.3) is 0 Å². The molecule has 21 heavy (non-hydrogen) atoms. The third-order valence-electron chi connectivity index (χ3n) is 3.48. The second-order valence-electron chi connectivity index (χ2n) is 4.77. The Bertz CT molecular complexity index is 1010. The summed E-state index contributed by atoms with van der Waals surface area (Å²) >= 11 is 0. The van der Waals surface area contributed by atoms with Crippen LogP contribution in [0.15, 0.2) is 68.4 Å². The smallest absolute Gasteiger partial charge is 0.197 e. The lowest BCUT2D eigenvalue weighted by atomic mass is 10.1. The van der Waals surface area contributed by atoms with Crippen molar-refractivity contribution < 1.29 is 13.9 Å². The second-order valence-corrected chi connectivity index (χ2v) is 4.77. The van der Waals surface area contributed by atoms with E-state index >= 15 is 0 Å². The number of hydrogen-bond donors (Lipinski definition) is 1. The van der Waals surface area contributed by atoms with Gasteiger partial charge in [0.15, 0.2) is 5.43 Å².